The molecule has 3 aliphatic rings. The number of amides is 1. The van der Waals surface area contributed by atoms with Crippen LogP contribution in [0, 0.1) is 5.92 Å². The van der Waals surface area contributed by atoms with E-state index in [0.717, 1.165) is 6.54 Å². The van der Waals surface area contributed by atoms with Crippen LogP contribution in [-0.4, -0.2) is 36.0 Å². The zero-order valence-electron chi connectivity index (χ0n) is 10.4. The van der Waals surface area contributed by atoms with Gasteiger partial charge in [0, 0.05) is 18.6 Å². The number of fused-ring (bicyclic) bond motifs is 3. The fourth-order valence-corrected chi connectivity index (χ4v) is 3.44. The van der Waals surface area contributed by atoms with Gasteiger partial charge in [0.05, 0.1) is 0 Å². The second-order valence-corrected chi connectivity index (χ2v) is 6.09. The standard InChI is InChI=1S/C13H17BrN2O2/c1-8-6-9-4-5-16(8)7-10(9)15-13(17)11-2-3-12(14)18-11/h2-3,8-10H,4-7H2,1H3,(H,15,17)/t8?,9?,10-/m0/s1. The summed E-state index contributed by atoms with van der Waals surface area (Å²) in [7, 11) is 0. The molecule has 4 nitrogen and oxygen atoms in total. The SMILES string of the molecule is CC1CC2CCN1C[C@@H]2NC(=O)c1ccc(Br)o1. The summed E-state index contributed by atoms with van der Waals surface area (Å²) in [5.74, 6) is 0.894. The van der Waals surface area contributed by atoms with E-state index in [1.54, 1.807) is 12.1 Å². The Hall–Kier alpha value is -0.810. The third-order valence-corrected chi connectivity index (χ3v) is 4.59. The van der Waals surface area contributed by atoms with Gasteiger partial charge in [-0.15, -0.1) is 0 Å². The lowest BCUT2D eigenvalue weighted by Gasteiger charge is -2.48. The highest BCUT2D eigenvalue weighted by molar-refractivity contribution is 9.10. The van der Waals surface area contributed by atoms with Crippen molar-refractivity contribution in [3.05, 3.63) is 22.6 Å². The normalized spacial score (nSPS) is 34.6. The number of halogens is 1. The molecule has 1 amide bonds. The van der Waals surface area contributed by atoms with Crippen molar-refractivity contribution in [3.63, 3.8) is 0 Å². The molecule has 0 radical (unpaired) electrons. The van der Waals surface area contributed by atoms with Crippen LogP contribution >= 0.6 is 15.9 Å². The number of piperidine rings is 3. The third-order valence-electron chi connectivity index (χ3n) is 4.17. The number of nitrogens with one attached hydrogen (secondary N) is 1. The molecular weight excluding hydrogens is 296 g/mol. The van der Waals surface area contributed by atoms with Gasteiger partial charge in [-0.3, -0.25) is 9.69 Å². The van der Waals surface area contributed by atoms with Crippen molar-refractivity contribution in [2.75, 3.05) is 13.1 Å². The molecule has 1 aromatic heterocycles. The predicted molar refractivity (Wildman–Crippen MR) is 71.4 cm³/mol. The fraction of sp³-hybridized carbons (Fsp3) is 0.615. The summed E-state index contributed by atoms with van der Waals surface area (Å²) >= 11 is 3.21. The molecule has 0 saturated carbocycles. The van der Waals surface area contributed by atoms with E-state index in [1.165, 1.54) is 19.4 Å². The Bertz CT molecular complexity index is 460. The van der Waals surface area contributed by atoms with Gasteiger partial charge in [-0.05, 0) is 60.3 Å². The molecule has 3 fully saturated rings. The Labute approximate surface area is 115 Å². The summed E-state index contributed by atoms with van der Waals surface area (Å²) in [5, 5.41) is 3.11. The van der Waals surface area contributed by atoms with Crippen LogP contribution in [0.5, 0.6) is 0 Å². The summed E-state index contributed by atoms with van der Waals surface area (Å²) in [5.41, 5.74) is 0. The van der Waals surface area contributed by atoms with Crippen molar-refractivity contribution < 1.29 is 9.21 Å². The van der Waals surface area contributed by atoms with Crippen molar-refractivity contribution in [1.29, 1.82) is 0 Å². The number of nitrogens with zero attached hydrogens (tertiary/aromatic N) is 1. The molecule has 1 aromatic rings. The molecule has 2 bridgehead atoms. The summed E-state index contributed by atoms with van der Waals surface area (Å²) in [6.07, 6.45) is 2.38. The molecule has 0 aliphatic carbocycles. The summed E-state index contributed by atoms with van der Waals surface area (Å²) in [6.45, 7) is 4.41. The first-order valence-electron chi connectivity index (χ1n) is 6.44. The van der Waals surface area contributed by atoms with Gasteiger partial charge in [0.15, 0.2) is 10.4 Å². The molecular formula is C13H17BrN2O2. The predicted octanol–water partition coefficient (Wildman–Crippen LogP) is 2.25. The van der Waals surface area contributed by atoms with E-state index < -0.39 is 0 Å². The van der Waals surface area contributed by atoms with Gasteiger partial charge >= 0.3 is 0 Å². The van der Waals surface area contributed by atoms with Crippen LogP contribution in [0.15, 0.2) is 21.2 Å². The summed E-state index contributed by atoms with van der Waals surface area (Å²) in [4.78, 5) is 14.5. The Morgan fingerprint density at radius 2 is 2.39 bits per heavy atom. The lowest BCUT2D eigenvalue weighted by Crippen LogP contribution is -2.60. The van der Waals surface area contributed by atoms with Crippen LogP contribution in [0.2, 0.25) is 0 Å². The van der Waals surface area contributed by atoms with Gasteiger partial charge < -0.3 is 9.73 Å². The fourth-order valence-electron chi connectivity index (χ4n) is 3.13. The lowest BCUT2D eigenvalue weighted by molar-refractivity contribution is 0.0268. The van der Waals surface area contributed by atoms with Crippen LogP contribution in [0.3, 0.4) is 0 Å². The van der Waals surface area contributed by atoms with Gasteiger partial charge in [-0.1, -0.05) is 0 Å². The first-order valence-corrected chi connectivity index (χ1v) is 7.23. The minimum atomic E-state index is -0.105. The van der Waals surface area contributed by atoms with E-state index >= 15 is 0 Å². The number of hydrogen-bond acceptors (Lipinski definition) is 3. The highest BCUT2D eigenvalue weighted by atomic mass is 79.9. The van der Waals surface area contributed by atoms with Crippen LogP contribution in [-0.2, 0) is 0 Å². The Balaban J connectivity index is 1.65. The largest absolute Gasteiger partial charge is 0.444 e. The van der Waals surface area contributed by atoms with Gasteiger partial charge in [0.25, 0.3) is 5.91 Å². The van der Waals surface area contributed by atoms with Crippen LogP contribution in [0.1, 0.15) is 30.3 Å². The highest BCUT2D eigenvalue weighted by Gasteiger charge is 2.38. The van der Waals surface area contributed by atoms with Crippen LogP contribution < -0.4 is 5.32 Å². The second-order valence-electron chi connectivity index (χ2n) is 5.31. The van der Waals surface area contributed by atoms with E-state index in [2.05, 4.69) is 33.1 Å². The van der Waals surface area contributed by atoms with Gasteiger partial charge in [-0.25, -0.2) is 0 Å². The van der Waals surface area contributed by atoms with E-state index in [1.807, 2.05) is 0 Å². The third kappa shape index (κ3) is 2.21. The Morgan fingerprint density at radius 1 is 1.56 bits per heavy atom. The zero-order chi connectivity index (χ0) is 12.7. The van der Waals surface area contributed by atoms with E-state index in [0.29, 0.717) is 22.4 Å². The maximum Gasteiger partial charge on any atom is 0.287 e. The average molecular weight is 313 g/mol. The molecule has 0 aromatic carbocycles. The summed E-state index contributed by atoms with van der Waals surface area (Å²) < 4.78 is 5.87. The smallest absolute Gasteiger partial charge is 0.287 e. The van der Waals surface area contributed by atoms with Crippen molar-refractivity contribution in [1.82, 2.24) is 10.2 Å². The van der Waals surface area contributed by atoms with Crippen molar-refractivity contribution in [3.8, 4) is 0 Å². The molecule has 4 rings (SSSR count). The first kappa shape index (κ1) is 12.2. The molecule has 98 valence electrons. The van der Waals surface area contributed by atoms with E-state index in [9.17, 15) is 4.79 Å². The number of hydrogen-bond donors (Lipinski definition) is 1. The van der Waals surface area contributed by atoms with Gasteiger partial charge in [0.1, 0.15) is 0 Å². The quantitative estimate of drug-likeness (QED) is 0.911. The molecule has 1 N–H and O–H groups in total. The number of carbonyl (C=O) groups is 1. The Kier molecular flexibility index (Phi) is 3.20. The minimum absolute atomic E-state index is 0.105. The van der Waals surface area contributed by atoms with Gasteiger partial charge in [-0.2, -0.15) is 0 Å². The lowest BCUT2D eigenvalue weighted by atomic mass is 9.80. The maximum atomic E-state index is 12.0. The molecule has 3 aliphatic heterocycles. The Morgan fingerprint density at radius 3 is 2.94 bits per heavy atom. The van der Waals surface area contributed by atoms with Crippen LogP contribution in [0.4, 0.5) is 0 Å². The molecule has 5 heteroatoms. The molecule has 4 atom stereocenters. The average Bonchev–Trinajstić information content (AvgIpc) is 2.77. The van der Waals surface area contributed by atoms with E-state index in [-0.39, 0.29) is 11.9 Å². The monoisotopic (exact) mass is 312 g/mol. The van der Waals surface area contributed by atoms with Gasteiger partial charge in [0.2, 0.25) is 0 Å². The van der Waals surface area contributed by atoms with Crippen molar-refractivity contribution >= 4 is 21.8 Å². The van der Waals surface area contributed by atoms with E-state index in [4.69, 9.17) is 4.42 Å². The maximum absolute atomic E-state index is 12.0. The molecule has 3 saturated heterocycles. The molecule has 4 heterocycles. The molecule has 3 unspecified atom stereocenters. The first-order chi connectivity index (χ1) is 8.63. The minimum Gasteiger partial charge on any atom is -0.444 e. The zero-order valence-corrected chi connectivity index (χ0v) is 11.9. The highest BCUT2D eigenvalue weighted by Crippen LogP contribution is 2.32. The second kappa shape index (κ2) is 4.70. The molecule has 18 heavy (non-hydrogen) atoms. The number of rotatable bonds is 2. The molecule has 0 spiro atoms. The number of furan rings is 1. The number of carbonyl (C=O) groups excluding carboxylic acids is 1. The topological polar surface area (TPSA) is 45.5 Å². The van der Waals surface area contributed by atoms with Crippen molar-refractivity contribution in [2.45, 2.75) is 31.8 Å². The van der Waals surface area contributed by atoms with Crippen molar-refractivity contribution in [2.24, 2.45) is 5.92 Å². The summed E-state index contributed by atoms with van der Waals surface area (Å²) in [6, 6.07) is 4.37. The van der Waals surface area contributed by atoms with Crippen LogP contribution in [0.25, 0.3) is 0 Å².